The van der Waals surface area contributed by atoms with Gasteiger partial charge in [-0.1, -0.05) is 11.6 Å². The minimum atomic E-state index is -0.517. The Labute approximate surface area is 210 Å². The molecule has 2 heterocycles. The molecule has 188 valence electrons. The zero-order chi connectivity index (χ0) is 24.7. The summed E-state index contributed by atoms with van der Waals surface area (Å²) in [6, 6.07) is 12.8. The standard InChI is InChI=1S/C27H32ClFN2O4/c28-21-5-9-23(10-6-21)34-18-26(33)31-16-4-13-27(19-31,17-25(32)30-14-2-1-3-15-30)20-35-24-11-7-22(29)8-12-24/h5-12H,1-4,13-20H2/t27-/m1/s1. The molecule has 35 heavy (non-hydrogen) atoms. The first-order valence-electron chi connectivity index (χ1n) is 12.2. The molecule has 2 aromatic carbocycles. The highest BCUT2D eigenvalue weighted by Gasteiger charge is 2.41. The van der Waals surface area contributed by atoms with Gasteiger partial charge in [0.15, 0.2) is 6.61 Å². The Bertz CT molecular complexity index is 995. The summed E-state index contributed by atoms with van der Waals surface area (Å²) >= 11 is 5.91. The van der Waals surface area contributed by atoms with Crippen molar-refractivity contribution in [2.45, 2.75) is 38.5 Å². The molecule has 0 bridgehead atoms. The largest absolute Gasteiger partial charge is 0.493 e. The zero-order valence-corrected chi connectivity index (χ0v) is 20.6. The Morgan fingerprint density at radius 1 is 0.829 bits per heavy atom. The molecule has 4 rings (SSSR count). The van der Waals surface area contributed by atoms with Gasteiger partial charge in [0.2, 0.25) is 5.91 Å². The molecule has 0 spiro atoms. The Balaban J connectivity index is 1.43. The highest BCUT2D eigenvalue weighted by Crippen LogP contribution is 2.36. The Kier molecular flexibility index (Phi) is 8.50. The van der Waals surface area contributed by atoms with Gasteiger partial charge in [0, 0.05) is 43.0 Å². The van der Waals surface area contributed by atoms with Crippen molar-refractivity contribution in [2.75, 3.05) is 39.4 Å². The van der Waals surface area contributed by atoms with E-state index >= 15 is 0 Å². The van der Waals surface area contributed by atoms with Crippen LogP contribution in [0.1, 0.15) is 38.5 Å². The summed E-state index contributed by atoms with van der Waals surface area (Å²) in [6.45, 7) is 2.78. The van der Waals surface area contributed by atoms with Crippen LogP contribution in [0.15, 0.2) is 48.5 Å². The molecule has 6 nitrogen and oxygen atoms in total. The number of carbonyl (C=O) groups is 2. The summed E-state index contributed by atoms with van der Waals surface area (Å²) in [6.07, 6.45) is 5.06. The number of ether oxygens (including phenoxy) is 2. The number of hydrogen-bond acceptors (Lipinski definition) is 4. The van der Waals surface area contributed by atoms with Gasteiger partial charge < -0.3 is 19.3 Å². The molecule has 8 heteroatoms. The van der Waals surface area contributed by atoms with E-state index in [1.54, 1.807) is 41.3 Å². The number of likely N-dealkylation sites (tertiary alicyclic amines) is 2. The first-order valence-corrected chi connectivity index (χ1v) is 12.6. The second-order valence-electron chi connectivity index (χ2n) is 9.52. The Morgan fingerprint density at radius 3 is 2.17 bits per heavy atom. The fourth-order valence-electron chi connectivity index (χ4n) is 4.84. The number of hydrogen-bond donors (Lipinski definition) is 0. The fourth-order valence-corrected chi connectivity index (χ4v) is 4.97. The lowest BCUT2D eigenvalue weighted by molar-refractivity contribution is -0.143. The molecule has 1 atom stereocenters. The minimum absolute atomic E-state index is 0.0867. The fraction of sp³-hybridized carbons (Fsp3) is 0.481. The molecular formula is C27H32ClFN2O4. The van der Waals surface area contributed by atoms with Crippen molar-refractivity contribution < 1.29 is 23.5 Å². The lowest BCUT2D eigenvalue weighted by Gasteiger charge is -2.43. The Morgan fingerprint density at radius 2 is 1.46 bits per heavy atom. The van der Waals surface area contributed by atoms with Crippen molar-refractivity contribution >= 4 is 23.4 Å². The van der Waals surface area contributed by atoms with Crippen molar-refractivity contribution in [1.29, 1.82) is 0 Å². The quantitative estimate of drug-likeness (QED) is 0.512. The van der Waals surface area contributed by atoms with Crippen LogP contribution in [0.2, 0.25) is 5.02 Å². The van der Waals surface area contributed by atoms with E-state index in [2.05, 4.69) is 0 Å². The molecule has 2 aromatic rings. The van der Waals surface area contributed by atoms with Crippen LogP contribution in [0.4, 0.5) is 4.39 Å². The molecule has 0 N–H and O–H groups in total. The minimum Gasteiger partial charge on any atom is -0.493 e. The van der Waals surface area contributed by atoms with Crippen LogP contribution in [-0.2, 0) is 9.59 Å². The maximum Gasteiger partial charge on any atom is 0.260 e. The SMILES string of the molecule is O=C(C[C@]1(COc2ccc(F)cc2)CCCN(C(=O)COc2ccc(Cl)cc2)C1)N1CCCCC1. The second kappa shape index (κ2) is 11.8. The summed E-state index contributed by atoms with van der Waals surface area (Å²) in [5, 5.41) is 0.601. The van der Waals surface area contributed by atoms with Crippen LogP contribution >= 0.6 is 11.6 Å². The van der Waals surface area contributed by atoms with Gasteiger partial charge in [0.1, 0.15) is 17.3 Å². The molecule has 2 aliphatic rings. The van der Waals surface area contributed by atoms with Crippen molar-refractivity contribution in [3.63, 3.8) is 0 Å². The summed E-state index contributed by atoms with van der Waals surface area (Å²) in [5.41, 5.74) is -0.517. The predicted octanol–water partition coefficient (Wildman–Crippen LogP) is 4.95. The van der Waals surface area contributed by atoms with E-state index in [9.17, 15) is 14.0 Å². The van der Waals surface area contributed by atoms with E-state index in [1.807, 2.05) is 4.90 Å². The molecule has 2 fully saturated rings. The number of piperidine rings is 2. The van der Waals surface area contributed by atoms with Gasteiger partial charge in [0.25, 0.3) is 5.91 Å². The summed E-state index contributed by atoms with van der Waals surface area (Å²) in [4.78, 5) is 30.0. The Hall–Kier alpha value is -2.80. The average Bonchev–Trinajstić information content (AvgIpc) is 2.88. The number of amides is 2. The van der Waals surface area contributed by atoms with Crippen LogP contribution in [0, 0.1) is 11.2 Å². The molecular weight excluding hydrogens is 471 g/mol. The number of halogens is 2. The van der Waals surface area contributed by atoms with Gasteiger partial charge in [-0.25, -0.2) is 4.39 Å². The van der Waals surface area contributed by atoms with E-state index in [1.165, 1.54) is 12.1 Å². The van der Waals surface area contributed by atoms with Crippen LogP contribution in [0.5, 0.6) is 11.5 Å². The van der Waals surface area contributed by atoms with E-state index in [0.29, 0.717) is 36.0 Å². The summed E-state index contributed by atoms with van der Waals surface area (Å²) < 4.78 is 25.0. The third kappa shape index (κ3) is 7.10. The third-order valence-electron chi connectivity index (χ3n) is 6.78. The van der Waals surface area contributed by atoms with Crippen molar-refractivity contribution in [3.8, 4) is 11.5 Å². The maximum absolute atomic E-state index is 13.3. The normalized spacial score (nSPS) is 20.4. The number of carbonyl (C=O) groups excluding carboxylic acids is 2. The van der Waals surface area contributed by atoms with Crippen LogP contribution in [0.3, 0.4) is 0 Å². The van der Waals surface area contributed by atoms with Gasteiger partial charge >= 0.3 is 0 Å². The van der Waals surface area contributed by atoms with Crippen molar-refractivity contribution in [3.05, 3.63) is 59.4 Å². The molecule has 0 saturated carbocycles. The average molecular weight is 503 g/mol. The van der Waals surface area contributed by atoms with Crippen molar-refractivity contribution in [2.24, 2.45) is 5.41 Å². The smallest absolute Gasteiger partial charge is 0.260 e. The van der Waals surface area contributed by atoms with E-state index < -0.39 is 5.41 Å². The first-order chi connectivity index (χ1) is 16.9. The first kappa shape index (κ1) is 25.3. The maximum atomic E-state index is 13.3. The van der Waals surface area contributed by atoms with Crippen molar-refractivity contribution in [1.82, 2.24) is 9.80 Å². The van der Waals surface area contributed by atoms with Gasteiger partial charge in [-0.2, -0.15) is 0 Å². The molecule has 2 aliphatic heterocycles. The number of nitrogens with zero attached hydrogens (tertiary/aromatic N) is 2. The van der Waals surface area contributed by atoms with Gasteiger partial charge in [-0.15, -0.1) is 0 Å². The van der Waals surface area contributed by atoms with Gasteiger partial charge in [-0.3, -0.25) is 9.59 Å². The highest BCUT2D eigenvalue weighted by molar-refractivity contribution is 6.30. The van der Waals surface area contributed by atoms with E-state index in [4.69, 9.17) is 21.1 Å². The molecule has 2 amide bonds. The van der Waals surface area contributed by atoms with Gasteiger partial charge in [0.05, 0.1) is 6.61 Å². The van der Waals surface area contributed by atoms with Gasteiger partial charge in [-0.05, 0) is 80.6 Å². The third-order valence-corrected chi connectivity index (χ3v) is 7.04. The molecule has 0 aromatic heterocycles. The molecule has 2 saturated heterocycles. The molecule has 0 unspecified atom stereocenters. The number of benzene rings is 2. The van der Waals surface area contributed by atoms with Crippen LogP contribution < -0.4 is 9.47 Å². The topological polar surface area (TPSA) is 59.1 Å². The number of rotatable bonds is 8. The molecule has 0 radical (unpaired) electrons. The lowest BCUT2D eigenvalue weighted by atomic mass is 9.77. The van der Waals surface area contributed by atoms with Crippen LogP contribution in [-0.4, -0.2) is 61.0 Å². The monoisotopic (exact) mass is 502 g/mol. The second-order valence-corrected chi connectivity index (χ2v) is 9.96. The summed E-state index contributed by atoms with van der Waals surface area (Å²) in [5.74, 6) is 0.773. The molecule has 0 aliphatic carbocycles. The predicted molar refractivity (Wildman–Crippen MR) is 132 cm³/mol. The lowest BCUT2D eigenvalue weighted by Crippen LogP contribution is -2.52. The van der Waals surface area contributed by atoms with Crippen LogP contribution in [0.25, 0.3) is 0 Å². The zero-order valence-electron chi connectivity index (χ0n) is 19.9. The highest BCUT2D eigenvalue weighted by atomic mass is 35.5. The van der Waals surface area contributed by atoms with E-state index in [0.717, 1.165) is 45.2 Å². The summed E-state index contributed by atoms with van der Waals surface area (Å²) in [7, 11) is 0. The van der Waals surface area contributed by atoms with E-state index in [-0.39, 0.29) is 30.8 Å².